The van der Waals surface area contributed by atoms with Crippen molar-refractivity contribution in [1.29, 1.82) is 10.5 Å². The third-order valence-electron chi connectivity index (χ3n) is 7.29. The lowest BCUT2D eigenvalue weighted by Gasteiger charge is -2.38. The molecule has 3 aromatic rings. The van der Waals surface area contributed by atoms with Crippen LogP contribution in [0.25, 0.3) is 11.3 Å². The molecule has 0 radical (unpaired) electrons. The van der Waals surface area contributed by atoms with E-state index in [9.17, 15) is 19.3 Å². The van der Waals surface area contributed by atoms with Gasteiger partial charge in [-0.3, -0.25) is 0 Å². The summed E-state index contributed by atoms with van der Waals surface area (Å²) in [5.41, 5.74) is 1.67. The molecule has 2 aromatic heterocycles. The number of nitriles is 2. The van der Waals surface area contributed by atoms with Gasteiger partial charge in [0.1, 0.15) is 23.8 Å². The highest BCUT2D eigenvalue weighted by molar-refractivity contribution is 5.64. The van der Waals surface area contributed by atoms with Crippen LogP contribution < -0.4 is 0 Å². The number of hydrogen-bond donors (Lipinski definition) is 0. The molecule has 6 nitrogen and oxygen atoms in total. The fourth-order valence-electron chi connectivity index (χ4n) is 5.79. The van der Waals surface area contributed by atoms with E-state index in [1.807, 2.05) is 12.1 Å². The molecule has 5 rings (SSSR count). The summed E-state index contributed by atoms with van der Waals surface area (Å²) in [4.78, 5) is 8.93. The quantitative estimate of drug-likeness (QED) is 0.597. The largest absolute Gasteiger partial charge is 0.238 e. The second kappa shape index (κ2) is 6.61. The van der Waals surface area contributed by atoms with Crippen molar-refractivity contribution in [3.05, 3.63) is 69.9 Å². The minimum Gasteiger partial charge on any atom is -0.238 e. The van der Waals surface area contributed by atoms with Gasteiger partial charge in [0.05, 0.1) is 33.8 Å². The molecule has 0 saturated heterocycles. The van der Waals surface area contributed by atoms with Crippen LogP contribution in [0, 0.1) is 46.6 Å². The molecule has 2 bridgehead atoms. The molecule has 8 heteroatoms. The van der Waals surface area contributed by atoms with E-state index < -0.39 is 17.0 Å². The second-order valence-electron chi connectivity index (χ2n) is 8.93. The van der Waals surface area contributed by atoms with E-state index in [-0.39, 0.29) is 34.0 Å². The Hall–Kier alpha value is -3.78. The maximum absolute atomic E-state index is 14.4. The number of aromatic nitrogens is 4. The Morgan fingerprint density at radius 2 is 1.66 bits per heavy atom. The SMILES string of the molecule is Cc1nc(C#N)c(C#N)nc1[C@@]12CC[C@@H](c3cc(-c4c(F)cccc4F)nnc31)C2(C)C. The van der Waals surface area contributed by atoms with Crippen LogP contribution in [0.1, 0.15) is 66.6 Å². The third kappa shape index (κ3) is 2.35. The van der Waals surface area contributed by atoms with E-state index in [0.29, 0.717) is 17.1 Å². The zero-order valence-corrected chi connectivity index (χ0v) is 17.7. The van der Waals surface area contributed by atoms with Crippen molar-refractivity contribution in [1.82, 2.24) is 20.2 Å². The molecule has 0 aliphatic heterocycles. The van der Waals surface area contributed by atoms with E-state index >= 15 is 0 Å². The first-order chi connectivity index (χ1) is 15.3. The lowest BCUT2D eigenvalue weighted by atomic mass is 9.66. The molecule has 0 spiro atoms. The van der Waals surface area contributed by atoms with Crippen molar-refractivity contribution >= 4 is 0 Å². The number of hydrogen-bond acceptors (Lipinski definition) is 6. The average Bonchev–Trinajstić information content (AvgIpc) is 3.14. The van der Waals surface area contributed by atoms with Crippen LogP contribution in [-0.4, -0.2) is 20.2 Å². The first-order valence-corrected chi connectivity index (χ1v) is 10.3. The highest BCUT2D eigenvalue weighted by Crippen LogP contribution is 2.69. The highest BCUT2D eigenvalue weighted by Gasteiger charge is 2.65. The topological polar surface area (TPSA) is 99.1 Å². The van der Waals surface area contributed by atoms with Crippen molar-refractivity contribution in [2.45, 2.75) is 44.9 Å². The van der Waals surface area contributed by atoms with E-state index in [1.54, 1.807) is 13.0 Å². The van der Waals surface area contributed by atoms with Crippen LogP contribution in [0.15, 0.2) is 24.3 Å². The predicted molar refractivity (Wildman–Crippen MR) is 110 cm³/mol. The van der Waals surface area contributed by atoms with E-state index in [1.165, 1.54) is 18.2 Å². The Bertz CT molecular complexity index is 1360. The van der Waals surface area contributed by atoms with Gasteiger partial charge < -0.3 is 0 Å². The van der Waals surface area contributed by atoms with Crippen molar-refractivity contribution in [2.75, 3.05) is 0 Å². The lowest BCUT2D eigenvalue weighted by Crippen LogP contribution is -2.39. The van der Waals surface area contributed by atoms with Crippen molar-refractivity contribution in [3.63, 3.8) is 0 Å². The molecule has 0 N–H and O–H groups in total. The molecule has 2 heterocycles. The molecule has 1 saturated carbocycles. The van der Waals surface area contributed by atoms with Gasteiger partial charge in [0.2, 0.25) is 0 Å². The summed E-state index contributed by atoms with van der Waals surface area (Å²) >= 11 is 0. The summed E-state index contributed by atoms with van der Waals surface area (Å²) in [7, 11) is 0. The van der Waals surface area contributed by atoms with Gasteiger partial charge in [0.25, 0.3) is 0 Å². The Balaban J connectivity index is 1.76. The monoisotopic (exact) mass is 428 g/mol. The Morgan fingerprint density at radius 3 is 2.31 bits per heavy atom. The average molecular weight is 428 g/mol. The molecule has 32 heavy (non-hydrogen) atoms. The molecule has 2 aliphatic rings. The van der Waals surface area contributed by atoms with Crippen molar-refractivity contribution in [3.8, 4) is 23.4 Å². The molecular weight excluding hydrogens is 410 g/mol. The fraction of sp³-hybridized carbons (Fsp3) is 0.333. The van der Waals surface area contributed by atoms with Gasteiger partial charge in [-0.15, -0.1) is 5.10 Å². The normalized spacial score (nSPS) is 22.3. The third-order valence-corrected chi connectivity index (χ3v) is 7.29. The van der Waals surface area contributed by atoms with Crippen LogP contribution in [0.2, 0.25) is 0 Å². The second-order valence-corrected chi connectivity index (χ2v) is 8.93. The minimum absolute atomic E-state index is 0.00724. The number of nitrogens with zero attached hydrogens (tertiary/aromatic N) is 6. The van der Waals surface area contributed by atoms with Crippen LogP contribution in [0.3, 0.4) is 0 Å². The van der Waals surface area contributed by atoms with Crippen LogP contribution >= 0.6 is 0 Å². The Labute approximate surface area is 183 Å². The van der Waals surface area contributed by atoms with Gasteiger partial charge in [-0.2, -0.15) is 15.6 Å². The van der Waals surface area contributed by atoms with Crippen LogP contribution in [0.5, 0.6) is 0 Å². The molecule has 158 valence electrons. The highest BCUT2D eigenvalue weighted by atomic mass is 19.1. The molecular formula is C24H18F2N6. The summed E-state index contributed by atoms with van der Waals surface area (Å²) in [6.45, 7) is 6.00. The summed E-state index contributed by atoms with van der Waals surface area (Å²) in [6, 6.07) is 9.34. The van der Waals surface area contributed by atoms with Crippen molar-refractivity contribution < 1.29 is 8.78 Å². The lowest BCUT2D eigenvalue weighted by molar-refractivity contribution is 0.241. The first-order valence-electron chi connectivity index (χ1n) is 10.3. The molecule has 2 aliphatic carbocycles. The van der Waals surface area contributed by atoms with Gasteiger partial charge in [-0.25, -0.2) is 18.7 Å². The first kappa shape index (κ1) is 20.1. The van der Waals surface area contributed by atoms with Gasteiger partial charge in [-0.05, 0) is 54.9 Å². The number of fused-ring (bicyclic) bond motifs is 5. The van der Waals surface area contributed by atoms with Gasteiger partial charge in [0.15, 0.2) is 11.4 Å². The molecule has 0 amide bonds. The summed E-state index contributed by atoms with van der Waals surface area (Å²) in [5, 5.41) is 27.5. The number of benzene rings is 1. The van der Waals surface area contributed by atoms with Crippen molar-refractivity contribution in [2.24, 2.45) is 5.41 Å². The predicted octanol–water partition coefficient (Wildman–Crippen LogP) is 4.47. The minimum atomic E-state index is -0.691. The summed E-state index contributed by atoms with van der Waals surface area (Å²) in [6.07, 6.45) is 1.56. The van der Waals surface area contributed by atoms with Gasteiger partial charge >= 0.3 is 0 Å². The maximum atomic E-state index is 14.4. The summed E-state index contributed by atoms with van der Waals surface area (Å²) in [5.74, 6) is -1.31. The van der Waals surface area contributed by atoms with Crippen LogP contribution in [0.4, 0.5) is 8.78 Å². The van der Waals surface area contributed by atoms with E-state index in [4.69, 9.17) is 0 Å². The molecule has 1 aromatic carbocycles. The Kier molecular flexibility index (Phi) is 4.16. The van der Waals surface area contributed by atoms with E-state index in [0.717, 1.165) is 18.4 Å². The molecule has 0 unspecified atom stereocenters. The molecule has 2 atom stereocenters. The zero-order valence-electron chi connectivity index (χ0n) is 17.7. The number of rotatable bonds is 2. The zero-order chi connectivity index (χ0) is 22.8. The fourth-order valence-corrected chi connectivity index (χ4v) is 5.79. The maximum Gasteiger partial charge on any atom is 0.177 e. The van der Waals surface area contributed by atoms with Gasteiger partial charge in [0, 0.05) is 0 Å². The smallest absolute Gasteiger partial charge is 0.177 e. The standard InChI is InChI=1S/C24H18F2N6/c1-12-21(30-19(11-28)18(10-27)29-12)24-8-7-14(23(24,2)3)13-9-17(31-32-22(13)24)20-15(25)5-4-6-16(20)26/h4-6,9,14H,7-8H2,1-3H3/t14-,24-/m0/s1. The van der Waals surface area contributed by atoms with Gasteiger partial charge in [-0.1, -0.05) is 19.9 Å². The van der Waals surface area contributed by atoms with Crippen LogP contribution in [-0.2, 0) is 5.41 Å². The number of halogens is 2. The number of aryl methyl sites for hydroxylation is 1. The van der Waals surface area contributed by atoms with E-state index in [2.05, 4.69) is 34.0 Å². The summed E-state index contributed by atoms with van der Waals surface area (Å²) < 4.78 is 28.8. The Morgan fingerprint density at radius 1 is 1.00 bits per heavy atom. The molecule has 1 fully saturated rings.